The van der Waals surface area contributed by atoms with Crippen LogP contribution in [-0.4, -0.2) is 11.9 Å². The van der Waals surface area contributed by atoms with Gasteiger partial charge in [-0.1, -0.05) is 19.8 Å². The Hall–Kier alpha value is -1.72. The predicted octanol–water partition coefficient (Wildman–Crippen LogP) is 3.60. The number of hydrogen-bond acceptors (Lipinski definition) is 2. The van der Waals surface area contributed by atoms with Crippen molar-refractivity contribution in [1.82, 2.24) is 5.32 Å². The first kappa shape index (κ1) is 15.7. The van der Waals surface area contributed by atoms with Gasteiger partial charge in [0.1, 0.15) is 0 Å². The first-order valence-electron chi connectivity index (χ1n) is 7.05. The zero-order valence-electron chi connectivity index (χ0n) is 11.8. The van der Waals surface area contributed by atoms with E-state index in [2.05, 4.69) is 12.2 Å². The average Bonchev–Trinajstić information content (AvgIpc) is 2.37. The number of carbonyl (C=O) groups is 1. The maximum Gasteiger partial charge on any atom is 0.416 e. The van der Waals surface area contributed by atoms with Crippen LogP contribution in [0.1, 0.15) is 48.5 Å². The van der Waals surface area contributed by atoms with Crippen molar-refractivity contribution in [1.29, 1.82) is 0 Å². The molecule has 2 unspecified atom stereocenters. The summed E-state index contributed by atoms with van der Waals surface area (Å²) in [5.74, 6) is -0.0133. The number of benzene rings is 1. The van der Waals surface area contributed by atoms with Crippen LogP contribution in [0.5, 0.6) is 0 Å². The molecule has 0 heterocycles. The molecule has 0 radical (unpaired) electrons. The lowest BCUT2D eigenvalue weighted by Gasteiger charge is -2.27. The molecular weight excluding hydrogens is 281 g/mol. The summed E-state index contributed by atoms with van der Waals surface area (Å²) in [5, 5.41) is 2.80. The zero-order valence-corrected chi connectivity index (χ0v) is 11.8. The zero-order chi connectivity index (χ0) is 15.6. The third kappa shape index (κ3) is 3.89. The Kier molecular flexibility index (Phi) is 4.44. The van der Waals surface area contributed by atoms with Gasteiger partial charge in [0.25, 0.3) is 5.91 Å². The molecule has 1 aliphatic carbocycles. The second-order valence-electron chi connectivity index (χ2n) is 5.74. The van der Waals surface area contributed by atoms with Crippen molar-refractivity contribution in [2.24, 2.45) is 5.92 Å². The molecule has 3 N–H and O–H groups in total. The van der Waals surface area contributed by atoms with E-state index in [1.165, 1.54) is 0 Å². The smallest absolute Gasteiger partial charge is 0.398 e. The van der Waals surface area contributed by atoms with Crippen molar-refractivity contribution in [3.05, 3.63) is 29.3 Å². The Morgan fingerprint density at radius 1 is 1.33 bits per heavy atom. The van der Waals surface area contributed by atoms with Gasteiger partial charge in [0, 0.05) is 11.7 Å². The third-order valence-electron chi connectivity index (χ3n) is 3.90. The largest absolute Gasteiger partial charge is 0.416 e. The van der Waals surface area contributed by atoms with Crippen LogP contribution in [0.4, 0.5) is 18.9 Å². The van der Waals surface area contributed by atoms with Crippen LogP contribution in [0.2, 0.25) is 0 Å². The quantitative estimate of drug-likeness (QED) is 0.820. The highest BCUT2D eigenvalue weighted by atomic mass is 19.4. The molecule has 2 atom stereocenters. The lowest BCUT2D eigenvalue weighted by atomic mass is 9.87. The van der Waals surface area contributed by atoms with Gasteiger partial charge in [-0.15, -0.1) is 0 Å². The second kappa shape index (κ2) is 5.95. The number of nitrogen functional groups attached to an aromatic ring is 1. The summed E-state index contributed by atoms with van der Waals surface area (Å²) in [4.78, 5) is 12.2. The number of carbonyl (C=O) groups excluding carboxylic acids is 1. The van der Waals surface area contributed by atoms with Crippen molar-refractivity contribution in [2.45, 2.75) is 44.8 Å². The van der Waals surface area contributed by atoms with Gasteiger partial charge in [-0.05, 0) is 37.0 Å². The molecule has 1 amide bonds. The molecule has 6 heteroatoms. The molecular formula is C15H19F3N2O. The Bertz CT molecular complexity index is 528. The van der Waals surface area contributed by atoms with E-state index < -0.39 is 17.6 Å². The van der Waals surface area contributed by atoms with E-state index in [0.717, 1.165) is 43.9 Å². The summed E-state index contributed by atoms with van der Waals surface area (Å²) in [6, 6.07) is 2.84. The number of hydrogen-bond donors (Lipinski definition) is 2. The van der Waals surface area contributed by atoms with Crippen LogP contribution in [0.15, 0.2) is 18.2 Å². The van der Waals surface area contributed by atoms with Crippen LogP contribution >= 0.6 is 0 Å². The van der Waals surface area contributed by atoms with Gasteiger partial charge < -0.3 is 11.1 Å². The van der Waals surface area contributed by atoms with Gasteiger partial charge in [0.2, 0.25) is 0 Å². The van der Waals surface area contributed by atoms with E-state index in [0.29, 0.717) is 5.92 Å². The molecule has 0 saturated heterocycles. The van der Waals surface area contributed by atoms with E-state index in [1.54, 1.807) is 0 Å². The first-order valence-corrected chi connectivity index (χ1v) is 7.05. The summed E-state index contributed by atoms with van der Waals surface area (Å²) < 4.78 is 38.1. The Morgan fingerprint density at radius 2 is 2.05 bits per heavy atom. The lowest BCUT2D eigenvalue weighted by molar-refractivity contribution is -0.137. The van der Waals surface area contributed by atoms with Crippen molar-refractivity contribution < 1.29 is 18.0 Å². The van der Waals surface area contributed by atoms with E-state index in [9.17, 15) is 18.0 Å². The molecule has 0 aliphatic heterocycles. The lowest BCUT2D eigenvalue weighted by Crippen LogP contribution is -2.38. The Balaban J connectivity index is 2.15. The maximum absolute atomic E-state index is 12.7. The fourth-order valence-electron chi connectivity index (χ4n) is 2.76. The van der Waals surface area contributed by atoms with E-state index in [4.69, 9.17) is 5.73 Å². The summed E-state index contributed by atoms with van der Waals surface area (Å²) in [6.07, 6.45) is -0.635. The van der Waals surface area contributed by atoms with Crippen LogP contribution < -0.4 is 11.1 Å². The van der Waals surface area contributed by atoms with Crippen molar-refractivity contribution in [3.63, 3.8) is 0 Å². The monoisotopic (exact) mass is 300 g/mol. The molecule has 1 aromatic rings. The summed E-state index contributed by atoms with van der Waals surface area (Å²) in [6.45, 7) is 2.11. The highest BCUT2D eigenvalue weighted by Crippen LogP contribution is 2.31. The molecule has 1 fully saturated rings. The van der Waals surface area contributed by atoms with Gasteiger partial charge in [0.05, 0.1) is 11.1 Å². The third-order valence-corrected chi connectivity index (χ3v) is 3.90. The van der Waals surface area contributed by atoms with Crippen LogP contribution in [-0.2, 0) is 6.18 Å². The molecule has 0 spiro atoms. The molecule has 0 bridgehead atoms. The SMILES string of the molecule is CC1CCCC(NC(=O)c2cc(C(F)(F)F)ccc2N)C1. The number of amides is 1. The molecule has 2 rings (SSSR count). The molecule has 1 saturated carbocycles. The molecule has 116 valence electrons. The average molecular weight is 300 g/mol. The van der Waals surface area contributed by atoms with E-state index >= 15 is 0 Å². The second-order valence-corrected chi connectivity index (χ2v) is 5.74. The first-order chi connectivity index (χ1) is 9.77. The molecule has 3 nitrogen and oxygen atoms in total. The summed E-state index contributed by atoms with van der Waals surface area (Å²) in [7, 11) is 0. The minimum Gasteiger partial charge on any atom is -0.398 e. The standard InChI is InChI=1S/C15H19F3N2O/c1-9-3-2-4-11(7-9)20-14(21)12-8-10(15(16,17)18)5-6-13(12)19/h5-6,8-9,11H,2-4,7,19H2,1H3,(H,20,21). The minimum absolute atomic E-state index is 0.00944. The Morgan fingerprint density at radius 3 is 2.67 bits per heavy atom. The number of halogens is 3. The number of nitrogens with two attached hydrogens (primary N) is 1. The Labute approximate surface area is 121 Å². The molecule has 0 aromatic heterocycles. The molecule has 21 heavy (non-hydrogen) atoms. The number of alkyl halides is 3. The molecule has 1 aromatic carbocycles. The number of nitrogens with one attached hydrogen (secondary N) is 1. The van der Waals surface area contributed by atoms with Crippen LogP contribution in [0.25, 0.3) is 0 Å². The van der Waals surface area contributed by atoms with Crippen molar-refractivity contribution >= 4 is 11.6 Å². The maximum atomic E-state index is 12.7. The normalized spacial score (nSPS) is 22.9. The predicted molar refractivity (Wildman–Crippen MR) is 74.7 cm³/mol. The minimum atomic E-state index is -4.48. The van der Waals surface area contributed by atoms with Crippen LogP contribution in [0, 0.1) is 5.92 Å². The van der Waals surface area contributed by atoms with Gasteiger partial charge in [-0.3, -0.25) is 4.79 Å². The van der Waals surface area contributed by atoms with Crippen molar-refractivity contribution in [2.75, 3.05) is 5.73 Å². The highest BCUT2D eigenvalue weighted by molar-refractivity contribution is 5.99. The van der Waals surface area contributed by atoms with Gasteiger partial charge in [-0.2, -0.15) is 13.2 Å². The summed E-state index contributed by atoms with van der Waals surface area (Å²) in [5.41, 5.74) is 4.73. The highest BCUT2D eigenvalue weighted by Gasteiger charge is 2.32. The number of anilines is 1. The van der Waals surface area contributed by atoms with Gasteiger partial charge >= 0.3 is 6.18 Å². The molecule has 1 aliphatic rings. The summed E-state index contributed by atoms with van der Waals surface area (Å²) >= 11 is 0. The topological polar surface area (TPSA) is 55.1 Å². The van der Waals surface area contributed by atoms with Gasteiger partial charge in [0.15, 0.2) is 0 Å². The van der Waals surface area contributed by atoms with Crippen LogP contribution in [0.3, 0.4) is 0 Å². The van der Waals surface area contributed by atoms with Gasteiger partial charge in [-0.25, -0.2) is 0 Å². The fourth-order valence-corrected chi connectivity index (χ4v) is 2.76. The fraction of sp³-hybridized carbons (Fsp3) is 0.533. The van der Waals surface area contributed by atoms with Crippen molar-refractivity contribution in [3.8, 4) is 0 Å². The number of rotatable bonds is 2. The van der Waals surface area contributed by atoms with E-state index in [1.807, 2.05) is 0 Å². The van der Waals surface area contributed by atoms with E-state index in [-0.39, 0.29) is 17.3 Å².